The Morgan fingerprint density at radius 2 is 0.378 bits per heavy atom. The van der Waals surface area contributed by atoms with Gasteiger partial charge in [-0.15, -0.1) is 0 Å². The number of hydrogen-bond donors (Lipinski definition) is 6. The Kier molecular flexibility index (Phi) is 58.2. The minimum absolute atomic E-state index is 0. The van der Waals surface area contributed by atoms with E-state index in [1.165, 1.54) is 0 Å². The van der Waals surface area contributed by atoms with Gasteiger partial charge in [0.2, 0.25) is 0 Å². The molecule has 6 aromatic rings. The van der Waals surface area contributed by atoms with E-state index in [1.54, 1.807) is 112 Å². The van der Waals surface area contributed by atoms with Crippen LogP contribution < -0.4 is 59.1 Å². The maximum atomic E-state index is 9.75. The van der Waals surface area contributed by atoms with E-state index >= 15 is 0 Å². The molecular formula is C36H48B6F24Fe2N20Na2. The molecule has 0 bridgehead atoms. The number of hydrogen-bond acceptors (Lipinski definition) is 14. The first-order valence-corrected chi connectivity index (χ1v) is 23.4. The van der Waals surface area contributed by atoms with Crippen LogP contribution in [0.5, 0.6) is 0 Å². The number of aromatic amines is 6. The summed E-state index contributed by atoms with van der Waals surface area (Å²) in [5, 5.41) is 0. The predicted octanol–water partition coefficient (Wildman–Crippen LogP) is 3.43. The molecule has 6 N–H and O–H groups in total. The van der Waals surface area contributed by atoms with Crippen molar-refractivity contribution in [3.8, 4) is 0 Å². The average Bonchev–Trinajstić information content (AvgIpc) is 4.21. The van der Waals surface area contributed by atoms with Crippen LogP contribution in [-0.4, -0.2) is 229 Å². The number of nitrogens with one attached hydrogen (secondary N) is 6. The Labute approximate surface area is 561 Å². The molecule has 0 saturated carbocycles. The second-order valence-corrected chi connectivity index (χ2v) is 14.7. The molecule has 90 heavy (non-hydrogen) atoms. The van der Waals surface area contributed by atoms with Crippen molar-refractivity contribution in [2.45, 2.75) is 0 Å². The molecule has 0 aliphatic heterocycles. The molecule has 496 valence electrons. The zero-order chi connectivity index (χ0) is 65.6. The number of imidazole rings is 6. The van der Waals surface area contributed by atoms with Gasteiger partial charge in [-0.2, -0.15) is 0 Å². The summed E-state index contributed by atoms with van der Waals surface area (Å²) in [7, 11) is -36.0. The summed E-state index contributed by atoms with van der Waals surface area (Å²) >= 11 is 0. The van der Waals surface area contributed by atoms with Crippen LogP contribution in [0.25, 0.3) is 0 Å². The Hall–Kier alpha value is -5.05. The molecule has 6 aromatic heterocycles. The maximum absolute atomic E-state index is 9.75. The average molecular weight is 1440 g/mol. The second-order valence-electron chi connectivity index (χ2n) is 14.7. The summed E-state index contributed by atoms with van der Waals surface area (Å²) in [6, 6.07) is 0. The topological polar surface area (TPSA) is 253 Å². The second kappa shape index (κ2) is 54.5. The first-order valence-electron chi connectivity index (χ1n) is 23.4. The van der Waals surface area contributed by atoms with Crippen molar-refractivity contribution in [2.75, 3.05) is 78.5 Å². The molecule has 0 spiro atoms. The van der Waals surface area contributed by atoms with Crippen molar-refractivity contribution in [1.82, 2.24) is 69.6 Å². The van der Waals surface area contributed by atoms with Crippen LogP contribution in [0.3, 0.4) is 0 Å². The third kappa shape index (κ3) is 89.4. The fourth-order valence-electron chi connectivity index (χ4n) is 4.86. The molecule has 20 nitrogen and oxygen atoms in total. The van der Waals surface area contributed by atoms with Crippen molar-refractivity contribution in [3.63, 3.8) is 0 Å². The minimum atomic E-state index is -6.00. The molecule has 6 rings (SSSR count). The van der Waals surface area contributed by atoms with Crippen LogP contribution in [0, 0.1) is 0 Å². The normalized spacial score (nSPS) is 11.7. The zero-order valence-corrected chi connectivity index (χ0v) is 52.6. The fourth-order valence-corrected chi connectivity index (χ4v) is 4.86. The maximum Gasteiger partial charge on any atom is 2.00 e. The van der Waals surface area contributed by atoms with Crippen LogP contribution in [0.1, 0.15) is 34.9 Å². The van der Waals surface area contributed by atoms with E-state index < -0.39 is 43.5 Å². The standard InChI is InChI=1S/2C18H24N10.6BF4.2Fe.2Na/c2*1-2-23-16(22-1)13-19-7-10-28(11-8-20-14-17-24-3-4-25-17)12-9-21-15-18-26-5-6-27-18;6*2-1(3,4)5;;;;/h2*1-6,13-15H,7-12H2,(H,22,23)(H,24,25)(H,26,27);;;;;;;;;;/q;;6*-1;2*+2;2*+1. The van der Waals surface area contributed by atoms with Crippen molar-refractivity contribution in [2.24, 2.45) is 30.0 Å². The number of nitrogens with zero attached hydrogens (tertiary/aromatic N) is 14. The molecule has 0 aliphatic carbocycles. The summed E-state index contributed by atoms with van der Waals surface area (Å²) in [6.45, 7) is 9.05. The molecule has 0 aromatic carbocycles. The Balaban J connectivity index is -0.000000263. The summed E-state index contributed by atoms with van der Waals surface area (Å²) < 4.78 is 234. The third-order valence-electron chi connectivity index (χ3n) is 7.67. The van der Waals surface area contributed by atoms with Gasteiger partial charge in [0.15, 0.2) is 0 Å². The van der Waals surface area contributed by atoms with Gasteiger partial charge in [-0.1, -0.05) is 0 Å². The van der Waals surface area contributed by atoms with Gasteiger partial charge in [0.05, 0.1) is 76.6 Å². The Bertz CT molecular complexity index is 2150. The van der Waals surface area contributed by atoms with E-state index in [1.807, 2.05) is 0 Å². The molecule has 0 saturated heterocycles. The molecule has 54 heteroatoms. The van der Waals surface area contributed by atoms with E-state index in [0.29, 0.717) is 39.3 Å². The molecule has 0 unspecified atom stereocenters. The van der Waals surface area contributed by atoms with E-state index in [4.69, 9.17) is 0 Å². The fraction of sp³-hybridized carbons (Fsp3) is 0.333. The largest absolute Gasteiger partial charge is 2.00 e. The number of aromatic nitrogens is 12. The van der Waals surface area contributed by atoms with Crippen molar-refractivity contribution in [1.29, 1.82) is 0 Å². The van der Waals surface area contributed by atoms with Gasteiger partial charge in [-0.05, 0) is 0 Å². The van der Waals surface area contributed by atoms with E-state index in [0.717, 1.165) is 74.2 Å². The first kappa shape index (κ1) is 96.0. The number of halogens is 24. The summed E-state index contributed by atoms with van der Waals surface area (Å²) in [5.41, 5.74) is 0. The Morgan fingerprint density at radius 3 is 0.467 bits per heavy atom. The molecule has 0 radical (unpaired) electrons. The van der Waals surface area contributed by atoms with Crippen molar-refractivity contribution in [3.05, 3.63) is 109 Å². The van der Waals surface area contributed by atoms with Crippen molar-refractivity contribution >= 4 is 80.8 Å². The molecule has 6 heterocycles. The monoisotopic (exact) mass is 1440 g/mol. The minimum Gasteiger partial charge on any atom is -0.418 e. The van der Waals surface area contributed by atoms with Gasteiger partial charge in [0.25, 0.3) is 0 Å². The van der Waals surface area contributed by atoms with Gasteiger partial charge in [-0.3, -0.25) is 39.8 Å². The summed E-state index contributed by atoms with van der Waals surface area (Å²) in [6.07, 6.45) is 31.5. The number of aliphatic imine (C=N–C) groups is 6. The molecule has 0 aliphatic rings. The van der Waals surface area contributed by atoms with Crippen LogP contribution in [-0.2, 0) is 34.1 Å². The van der Waals surface area contributed by atoms with Gasteiger partial charge >= 0.3 is 137 Å². The van der Waals surface area contributed by atoms with Crippen molar-refractivity contribution < 1.29 is 197 Å². The number of H-pyrrole nitrogens is 6. The van der Waals surface area contributed by atoms with Crippen LogP contribution in [0.4, 0.5) is 104 Å². The Morgan fingerprint density at radius 1 is 0.267 bits per heavy atom. The van der Waals surface area contributed by atoms with Crippen LogP contribution in [0.2, 0.25) is 0 Å². The smallest absolute Gasteiger partial charge is 0.418 e. The third-order valence-corrected chi connectivity index (χ3v) is 7.67. The van der Waals surface area contributed by atoms with E-state index in [-0.39, 0.29) is 93.3 Å². The predicted molar refractivity (Wildman–Crippen MR) is 280 cm³/mol. The van der Waals surface area contributed by atoms with Crippen LogP contribution >= 0.6 is 0 Å². The SMILES string of the molecule is C(=NCCN(CCN=Cc1ncc[nH]1)CCN=Cc1ncc[nH]1)c1ncc[nH]1.C(=NCCN(CCN=Cc1ncc[nH]1)CCN=Cc1ncc[nH]1)c1ncc[nH]1.F[B-](F)(F)F.F[B-](F)(F)F.F[B-](F)(F)F.F[B-](F)(F)F.F[B-](F)(F)F.F[B-](F)(F)F.[Fe+2].[Fe+2].[Na+].[Na+]. The van der Waals surface area contributed by atoms with Crippen LogP contribution in [0.15, 0.2) is 104 Å². The van der Waals surface area contributed by atoms with Gasteiger partial charge in [-0.25, -0.2) is 29.9 Å². The quantitative estimate of drug-likeness (QED) is 0.0297. The molecule has 0 fully saturated rings. The van der Waals surface area contributed by atoms with Gasteiger partial charge in [0.1, 0.15) is 34.9 Å². The van der Waals surface area contributed by atoms with Gasteiger partial charge in [0, 0.05) is 114 Å². The zero-order valence-electron chi connectivity index (χ0n) is 46.4. The molecular weight excluding hydrogens is 1390 g/mol. The first-order chi connectivity index (χ1) is 39.8. The van der Waals surface area contributed by atoms with Gasteiger partial charge < -0.3 is 133 Å². The number of rotatable bonds is 24. The molecule has 0 atom stereocenters. The summed E-state index contributed by atoms with van der Waals surface area (Å²) in [5.74, 6) is 4.57. The van der Waals surface area contributed by atoms with E-state index in [2.05, 4.69) is 99.6 Å². The molecule has 0 amide bonds. The van der Waals surface area contributed by atoms with E-state index in [9.17, 15) is 104 Å². The summed E-state index contributed by atoms with van der Waals surface area (Å²) in [4.78, 5) is 73.9.